The van der Waals surface area contributed by atoms with E-state index in [9.17, 15) is 4.79 Å². The first-order valence-corrected chi connectivity index (χ1v) is 3.73. The Balaban J connectivity index is 3.64. The summed E-state index contributed by atoms with van der Waals surface area (Å²) in [7, 11) is 0. The summed E-state index contributed by atoms with van der Waals surface area (Å²) in [6.07, 6.45) is 3.34. The Morgan fingerprint density at radius 3 is 2.77 bits per heavy atom. The minimum absolute atomic E-state index is 0.0406. The van der Waals surface area contributed by atoms with E-state index >= 15 is 0 Å². The lowest BCUT2D eigenvalue weighted by Gasteiger charge is -1.80. The van der Waals surface area contributed by atoms with Crippen LogP contribution in [-0.2, 0) is 4.79 Å². The predicted octanol–water partition coefficient (Wildman–Crippen LogP) is 0.406. The van der Waals surface area contributed by atoms with Gasteiger partial charge in [0.1, 0.15) is 0 Å². The molecule has 0 aromatic heterocycles. The number of aliphatic carboxylic acids is 1. The van der Waals surface area contributed by atoms with Gasteiger partial charge in [0.2, 0.25) is 0 Å². The van der Waals surface area contributed by atoms with Gasteiger partial charge in [-0.1, -0.05) is 17.9 Å². The van der Waals surface area contributed by atoms with E-state index in [1.807, 2.05) is 0 Å². The third-order valence-electron chi connectivity index (χ3n) is 0.994. The van der Waals surface area contributed by atoms with Crippen molar-refractivity contribution >= 4 is 5.97 Å². The summed E-state index contributed by atoms with van der Waals surface area (Å²) in [4.78, 5) is 10.0. The second kappa shape index (κ2) is 8.39. The second-order valence-electron chi connectivity index (χ2n) is 2.05. The Labute approximate surface area is 77.1 Å². The van der Waals surface area contributed by atoms with Gasteiger partial charge in [0.25, 0.3) is 0 Å². The highest BCUT2D eigenvalue weighted by Crippen LogP contribution is 1.83. The van der Waals surface area contributed by atoms with Gasteiger partial charge in [-0.2, -0.15) is 0 Å². The Morgan fingerprint density at radius 2 is 2.15 bits per heavy atom. The van der Waals surface area contributed by atoms with Crippen LogP contribution in [0, 0.1) is 23.7 Å². The van der Waals surface area contributed by atoms with Crippen molar-refractivity contribution in [1.82, 2.24) is 0 Å². The molecular weight excluding hydrogens is 168 g/mol. The third kappa shape index (κ3) is 10.3. The summed E-state index contributed by atoms with van der Waals surface area (Å²) in [6, 6.07) is 0. The van der Waals surface area contributed by atoms with Gasteiger partial charge in [0.05, 0.1) is 13.0 Å². The molecule has 13 heavy (non-hydrogen) atoms. The molecule has 0 aliphatic rings. The lowest BCUT2D eigenvalue weighted by molar-refractivity contribution is -0.136. The van der Waals surface area contributed by atoms with Crippen LogP contribution in [0.15, 0.2) is 12.2 Å². The van der Waals surface area contributed by atoms with Crippen molar-refractivity contribution in [2.75, 3.05) is 6.61 Å². The van der Waals surface area contributed by atoms with Crippen molar-refractivity contribution in [3.8, 4) is 23.7 Å². The van der Waals surface area contributed by atoms with Gasteiger partial charge in [0.15, 0.2) is 0 Å². The molecule has 0 aliphatic carbocycles. The Hall–Kier alpha value is -1.71. The molecule has 0 aromatic carbocycles. The van der Waals surface area contributed by atoms with Gasteiger partial charge in [0, 0.05) is 6.42 Å². The van der Waals surface area contributed by atoms with Crippen molar-refractivity contribution in [2.24, 2.45) is 0 Å². The predicted molar refractivity (Wildman–Crippen MR) is 48.6 cm³/mol. The number of aliphatic hydroxyl groups is 1. The highest BCUT2D eigenvalue weighted by molar-refractivity contribution is 5.67. The van der Waals surface area contributed by atoms with Gasteiger partial charge in [-0.25, -0.2) is 0 Å². The van der Waals surface area contributed by atoms with Crippen molar-refractivity contribution in [1.29, 1.82) is 0 Å². The SMILES string of the molecule is O=C(O)CCC#CC#CC=CCO. The van der Waals surface area contributed by atoms with Crippen LogP contribution in [0.5, 0.6) is 0 Å². The number of aliphatic hydroxyl groups excluding tert-OH is 1. The van der Waals surface area contributed by atoms with Gasteiger partial charge in [-0.15, -0.1) is 0 Å². The average molecular weight is 178 g/mol. The van der Waals surface area contributed by atoms with Crippen LogP contribution < -0.4 is 0 Å². The fourth-order valence-corrected chi connectivity index (χ4v) is 0.466. The van der Waals surface area contributed by atoms with Crippen LogP contribution in [0.25, 0.3) is 0 Å². The van der Waals surface area contributed by atoms with Crippen LogP contribution in [0.1, 0.15) is 12.8 Å². The van der Waals surface area contributed by atoms with Crippen LogP contribution >= 0.6 is 0 Å². The van der Waals surface area contributed by atoms with E-state index in [0.717, 1.165) is 0 Å². The molecule has 0 aliphatic heterocycles. The van der Waals surface area contributed by atoms with E-state index in [-0.39, 0.29) is 13.0 Å². The Bertz CT molecular complexity index is 294. The van der Waals surface area contributed by atoms with E-state index in [4.69, 9.17) is 10.2 Å². The zero-order valence-electron chi connectivity index (χ0n) is 7.08. The normalized spacial score (nSPS) is 8.38. The molecule has 2 N–H and O–H groups in total. The molecule has 0 radical (unpaired) electrons. The van der Waals surface area contributed by atoms with Crippen molar-refractivity contribution in [3.63, 3.8) is 0 Å². The summed E-state index contributed by atoms with van der Waals surface area (Å²) in [5.41, 5.74) is 0. The number of hydrogen-bond acceptors (Lipinski definition) is 2. The molecule has 3 nitrogen and oxygen atoms in total. The maximum Gasteiger partial charge on any atom is 0.304 e. The summed E-state index contributed by atoms with van der Waals surface area (Å²) in [6.45, 7) is -0.0406. The van der Waals surface area contributed by atoms with Crippen molar-refractivity contribution in [2.45, 2.75) is 12.8 Å². The fraction of sp³-hybridized carbons (Fsp3) is 0.300. The standard InChI is InChI=1S/C10H10O3/c11-9-7-5-3-1-2-4-6-8-10(12)13/h5,7,11H,6,8-9H2,(H,12,13). The van der Waals surface area contributed by atoms with Crippen molar-refractivity contribution < 1.29 is 15.0 Å². The van der Waals surface area contributed by atoms with E-state index in [2.05, 4.69) is 23.7 Å². The first-order valence-electron chi connectivity index (χ1n) is 3.73. The van der Waals surface area contributed by atoms with Crippen LogP contribution in [0.2, 0.25) is 0 Å². The van der Waals surface area contributed by atoms with Gasteiger partial charge < -0.3 is 10.2 Å². The van der Waals surface area contributed by atoms with E-state index in [1.54, 1.807) is 0 Å². The van der Waals surface area contributed by atoms with Crippen LogP contribution in [0.3, 0.4) is 0 Å². The monoisotopic (exact) mass is 178 g/mol. The zero-order valence-corrected chi connectivity index (χ0v) is 7.08. The highest BCUT2D eigenvalue weighted by atomic mass is 16.4. The molecule has 0 atom stereocenters. The molecule has 0 rings (SSSR count). The van der Waals surface area contributed by atoms with E-state index in [0.29, 0.717) is 6.42 Å². The lowest BCUT2D eigenvalue weighted by Crippen LogP contribution is -1.91. The average Bonchev–Trinajstić information content (AvgIpc) is 2.09. The van der Waals surface area contributed by atoms with E-state index < -0.39 is 5.97 Å². The summed E-state index contributed by atoms with van der Waals surface area (Å²) >= 11 is 0. The molecule has 0 unspecified atom stereocenters. The number of carboxylic acids is 1. The maximum atomic E-state index is 10.0. The topological polar surface area (TPSA) is 57.5 Å². The summed E-state index contributed by atoms with van der Waals surface area (Å²) in [5, 5.41) is 16.6. The van der Waals surface area contributed by atoms with Crippen LogP contribution in [0.4, 0.5) is 0 Å². The van der Waals surface area contributed by atoms with Crippen molar-refractivity contribution in [3.05, 3.63) is 12.2 Å². The number of allylic oxidation sites excluding steroid dienone is 1. The Kier molecular flexibility index (Phi) is 7.28. The fourth-order valence-electron chi connectivity index (χ4n) is 0.466. The summed E-state index contributed by atoms with van der Waals surface area (Å²) < 4.78 is 0. The number of hydrogen-bond donors (Lipinski definition) is 2. The van der Waals surface area contributed by atoms with E-state index in [1.165, 1.54) is 12.2 Å². The lowest BCUT2D eigenvalue weighted by atomic mass is 10.3. The Morgan fingerprint density at radius 1 is 1.38 bits per heavy atom. The maximum absolute atomic E-state index is 10.0. The molecule has 0 aromatic rings. The molecule has 0 saturated heterocycles. The van der Waals surface area contributed by atoms with Crippen LogP contribution in [-0.4, -0.2) is 22.8 Å². The number of carbonyl (C=O) groups is 1. The molecule has 68 valence electrons. The smallest absolute Gasteiger partial charge is 0.304 e. The molecule has 3 heteroatoms. The van der Waals surface area contributed by atoms with Gasteiger partial charge in [-0.3, -0.25) is 4.79 Å². The second-order valence-corrected chi connectivity index (χ2v) is 2.05. The molecule has 0 saturated carbocycles. The molecule has 0 spiro atoms. The quantitative estimate of drug-likeness (QED) is 0.615. The minimum Gasteiger partial charge on any atom is -0.481 e. The largest absolute Gasteiger partial charge is 0.481 e. The first kappa shape index (κ1) is 11.3. The van der Waals surface area contributed by atoms with Gasteiger partial charge in [-0.05, 0) is 17.9 Å². The minimum atomic E-state index is -0.859. The third-order valence-corrected chi connectivity index (χ3v) is 0.994. The molecule has 0 amide bonds. The molecular formula is C10H10O3. The summed E-state index contributed by atoms with van der Waals surface area (Å²) in [5.74, 6) is 9.28. The molecule has 0 fully saturated rings. The molecule has 0 bridgehead atoms. The number of rotatable bonds is 3. The molecule has 0 heterocycles. The zero-order chi connectivity index (χ0) is 9.94. The van der Waals surface area contributed by atoms with Gasteiger partial charge >= 0.3 is 5.97 Å². The number of carboxylic acid groups (broad SMARTS) is 1. The highest BCUT2D eigenvalue weighted by Gasteiger charge is 1.90. The first-order chi connectivity index (χ1) is 6.27.